The molecule has 0 fully saturated rings. The fourth-order valence-corrected chi connectivity index (χ4v) is 3.07. The van der Waals surface area contributed by atoms with Gasteiger partial charge < -0.3 is 0 Å². The fraction of sp³-hybridized carbons (Fsp3) is 0.375. The minimum absolute atomic E-state index is 1.15. The van der Waals surface area contributed by atoms with Gasteiger partial charge in [0.1, 0.15) is 7.28 Å². The van der Waals surface area contributed by atoms with Crippen molar-refractivity contribution in [1.82, 2.24) is 0 Å². The first-order chi connectivity index (χ1) is 8.22. The van der Waals surface area contributed by atoms with Gasteiger partial charge >= 0.3 is 0 Å². The quantitative estimate of drug-likeness (QED) is 0.615. The van der Waals surface area contributed by atoms with Crippen LogP contribution in [0.4, 0.5) is 0 Å². The molecule has 0 amide bonds. The average Bonchev–Trinajstić information content (AvgIpc) is 2.91. The molecule has 0 aromatic rings. The number of hydrogen-bond donors (Lipinski definition) is 0. The van der Waals surface area contributed by atoms with Crippen LogP contribution in [0.5, 0.6) is 0 Å². The summed E-state index contributed by atoms with van der Waals surface area (Å²) >= 11 is 0. The summed E-state index contributed by atoms with van der Waals surface area (Å²) in [6, 6.07) is 0. The van der Waals surface area contributed by atoms with Crippen molar-refractivity contribution >= 4 is 7.28 Å². The molecule has 0 atom stereocenters. The molecule has 0 saturated heterocycles. The predicted octanol–water partition coefficient (Wildman–Crippen LogP) is 4.57. The van der Waals surface area contributed by atoms with E-state index in [2.05, 4.69) is 34.2 Å². The van der Waals surface area contributed by atoms with Crippen molar-refractivity contribution in [3.63, 3.8) is 0 Å². The van der Waals surface area contributed by atoms with E-state index in [4.69, 9.17) is 0 Å². The Balaban J connectivity index is 2.48. The van der Waals surface area contributed by atoms with Crippen LogP contribution in [0.25, 0.3) is 0 Å². The van der Waals surface area contributed by atoms with Crippen LogP contribution in [-0.4, -0.2) is 7.28 Å². The van der Waals surface area contributed by atoms with Gasteiger partial charge in [-0.15, -0.1) is 0 Å². The Morgan fingerprint density at radius 1 is 0.941 bits per heavy atom. The average molecular weight is 223 g/mol. The van der Waals surface area contributed by atoms with Crippen LogP contribution in [-0.2, 0) is 0 Å². The molecule has 1 radical (unpaired) electrons. The monoisotopic (exact) mass is 223 g/mol. The summed E-state index contributed by atoms with van der Waals surface area (Å²) in [5, 5.41) is 0. The minimum Gasteiger partial charge on any atom is -0.0988 e. The molecule has 0 heterocycles. The van der Waals surface area contributed by atoms with Crippen LogP contribution in [0.2, 0.25) is 6.82 Å². The Kier molecular flexibility index (Phi) is 3.56. The maximum atomic E-state index is 3.92. The predicted molar refractivity (Wildman–Crippen MR) is 77.2 cm³/mol. The Bertz CT molecular complexity index is 458. The molecule has 0 bridgehead atoms. The third-order valence-electron chi connectivity index (χ3n) is 4.04. The molecule has 0 unspecified atom stereocenters. The zero-order valence-electron chi connectivity index (χ0n) is 11.0. The highest BCUT2D eigenvalue weighted by molar-refractivity contribution is 6.46. The summed E-state index contributed by atoms with van der Waals surface area (Å²) in [7, 11) is 2.24. The zero-order valence-corrected chi connectivity index (χ0v) is 11.0. The normalized spacial score (nSPS) is 24.6. The Morgan fingerprint density at radius 2 is 1.53 bits per heavy atom. The molecular formula is C16H20B. The maximum Gasteiger partial charge on any atom is 0.148 e. The maximum absolute atomic E-state index is 3.92. The molecule has 17 heavy (non-hydrogen) atoms. The second kappa shape index (κ2) is 4.95. The van der Waals surface area contributed by atoms with Crippen molar-refractivity contribution in [1.29, 1.82) is 0 Å². The fourth-order valence-electron chi connectivity index (χ4n) is 3.07. The van der Waals surface area contributed by atoms with Gasteiger partial charge in [0.15, 0.2) is 0 Å². The van der Waals surface area contributed by atoms with Crippen molar-refractivity contribution < 1.29 is 0 Å². The molecule has 2 aliphatic rings. The highest BCUT2D eigenvalue weighted by Crippen LogP contribution is 2.41. The summed E-state index contributed by atoms with van der Waals surface area (Å²) in [5.74, 6) is 0. The van der Waals surface area contributed by atoms with Gasteiger partial charge in [0.2, 0.25) is 0 Å². The van der Waals surface area contributed by atoms with Crippen LogP contribution < -0.4 is 0 Å². The van der Waals surface area contributed by atoms with Crippen molar-refractivity contribution in [3.8, 4) is 0 Å². The third-order valence-corrected chi connectivity index (χ3v) is 4.04. The van der Waals surface area contributed by atoms with E-state index in [0.717, 1.165) is 12.8 Å². The van der Waals surface area contributed by atoms with E-state index >= 15 is 0 Å². The lowest BCUT2D eigenvalue weighted by Crippen LogP contribution is -1.97. The van der Waals surface area contributed by atoms with E-state index in [9.17, 15) is 0 Å². The lowest BCUT2D eigenvalue weighted by molar-refractivity contribution is 0.971. The SMILES string of the molecule is C=CC1=C(C)/C(=C2\CCC(C=C)=C2[B]C)CC1. The zero-order chi connectivity index (χ0) is 12.4. The first-order valence-electron chi connectivity index (χ1n) is 6.42. The van der Waals surface area contributed by atoms with E-state index in [1.807, 2.05) is 12.2 Å². The van der Waals surface area contributed by atoms with Crippen LogP contribution in [0, 0.1) is 0 Å². The molecule has 2 aliphatic carbocycles. The van der Waals surface area contributed by atoms with Gasteiger partial charge in [0.05, 0.1) is 0 Å². The highest BCUT2D eigenvalue weighted by Gasteiger charge is 2.24. The summed E-state index contributed by atoms with van der Waals surface area (Å²) in [6.07, 6.45) is 8.71. The van der Waals surface area contributed by atoms with E-state index in [1.165, 1.54) is 35.0 Å². The standard InChI is InChI=1S/C16H20B/c1-5-12-7-9-14(11(12)3)15-10-8-13(6-2)16(15)17-4/h5-6H,1-2,7-10H2,3-4H3/b15-14+. The second-order valence-corrected chi connectivity index (χ2v) is 4.74. The molecule has 0 aromatic heterocycles. The summed E-state index contributed by atoms with van der Waals surface area (Å²) in [4.78, 5) is 0. The largest absolute Gasteiger partial charge is 0.148 e. The number of allylic oxidation sites excluding steroid dienone is 8. The molecule has 0 spiro atoms. The molecule has 0 N–H and O–H groups in total. The molecule has 0 aliphatic heterocycles. The van der Waals surface area contributed by atoms with Gasteiger partial charge in [-0.2, -0.15) is 0 Å². The molecule has 0 aromatic carbocycles. The number of rotatable bonds is 3. The van der Waals surface area contributed by atoms with Gasteiger partial charge in [-0.3, -0.25) is 0 Å². The lowest BCUT2D eigenvalue weighted by atomic mass is 9.67. The number of hydrogen-bond acceptors (Lipinski definition) is 0. The smallest absolute Gasteiger partial charge is 0.0988 e. The molecule has 1 heteroatoms. The molecule has 2 rings (SSSR count). The molecular weight excluding hydrogens is 203 g/mol. The molecule has 87 valence electrons. The topological polar surface area (TPSA) is 0 Å². The molecule has 0 nitrogen and oxygen atoms in total. The van der Waals surface area contributed by atoms with Crippen molar-refractivity contribution in [2.24, 2.45) is 0 Å². The van der Waals surface area contributed by atoms with Gasteiger partial charge in [-0.1, -0.05) is 48.8 Å². The Hall–Kier alpha value is -1.24. The van der Waals surface area contributed by atoms with E-state index in [-0.39, 0.29) is 0 Å². The van der Waals surface area contributed by atoms with Crippen LogP contribution in [0.15, 0.2) is 58.6 Å². The van der Waals surface area contributed by atoms with Crippen molar-refractivity contribution in [2.75, 3.05) is 0 Å². The van der Waals surface area contributed by atoms with Gasteiger partial charge in [-0.25, -0.2) is 0 Å². The lowest BCUT2D eigenvalue weighted by Gasteiger charge is -2.10. The first-order valence-corrected chi connectivity index (χ1v) is 6.42. The summed E-state index contributed by atoms with van der Waals surface area (Å²) < 4.78 is 0. The summed E-state index contributed by atoms with van der Waals surface area (Å²) in [6.45, 7) is 12.2. The van der Waals surface area contributed by atoms with E-state index in [0.29, 0.717) is 0 Å². The van der Waals surface area contributed by atoms with Crippen LogP contribution >= 0.6 is 0 Å². The summed E-state index contributed by atoms with van der Waals surface area (Å²) in [5.41, 5.74) is 8.84. The van der Waals surface area contributed by atoms with Gasteiger partial charge in [0, 0.05) is 0 Å². The highest BCUT2D eigenvalue weighted by atomic mass is 14.3. The van der Waals surface area contributed by atoms with E-state index in [1.54, 1.807) is 11.1 Å². The first kappa shape index (κ1) is 12.2. The minimum atomic E-state index is 1.15. The third kappa shape index (κ3) is 1.99. The molecule has 0 saturated carbocycles. The van der Waals surface area contributed by atoms with Crippen molar-refractivity contribution in [2.45, 2.75) is 39.4 Å². The van der Waals surface area contributed by atoms with E-state index < -0.39 is 0 Å². The Labute approximate surface area is 106 Å². The van der Waals surface area contributed by atoms with Gasteiger partial charge in [-0.05, 0) is 49.3 Å². The van der Waals surface area contributed by atoms with Crippen LogP contribution in [0.1, 0.15) is 32.6 Å². The Morgan fingerprint density at radius 3 is 2.06 bits per heavy atom. The van der Waals surface area contributed by atoms with Gasteiger partial charge in [0.25, 0.3) is 0 Å². The van der Waals surface area contributed by atoms with Crippen molar-refractivity contribution in [3.05, 3.63) is 58.6 Å². The van der Waals surface area contributed by atoms with Crippen LogP contribution in [0.3, 0.4) is 0 Å². The second-order valence-electron chi connectivity index (χ2n) is 4.74.